The van der Waals surface area contributed by atoms with E-state index in [0.29, 0.717) is 18.4 Å². The minimum Gasteiger partial charge on any atom is -0.350 e. The average Bonchev–Trinajstić information content (AvgIpc) is 2.26. The van der Waals surface area contributed by atoms with Crippen molar-refractivity contribution in [3.8, 4) is 0 Å². The van der Waals surface area contributed by atoms with Crippen molar-refractivity contribution < 1.29 is 4.79 Å². The molecule has 3 N–H and O–H groups in total. The molecule has 0 aromatic carbocycles. The topological polar surface area (TPSA) is 58.4 Å². The van der Waals surface area contributed by atoms with E-state index in [4.69, 9.17) is 5.73 Å². The number of nitrogens with one attached hydrogen (secondary N) is 1. The van der Waals surface area contributed by atoms with Crippen molar-refractivity contribution in [2.24, 2.45) is 17.6 Å². The predicted octanol–water partition coefficient (Wildman–Crippen LogP) is 1.21. The molecule has 0 aromatic rings. The van der Waals surface area contributed by atoms with Crippen LogP contribution in [0.2, 0.25) is 0 Å². The van der Waals surface area contributed by atoms with Gasteiger partial charge in [-0.15, -0.1) is 0 Å². The summed E-state index contributed by atoms with van der Waals surface area (Å²) in [5.41, 5.74) is 5.64. The third-order valence-corrected chi connectivity index (χ3v) is 3.87. The summed E-state index contributed by atoms with van der Waals surface area (Å²) in [6.07, 6.45) is 1.13. The number of carbonyl (C=O) groups excluding carboxylic acids is 1. The number of rotatable bonds is 3. The molecule has 1 fully saturated rings. The maximum Gasteiger partial charge on any atom is 0.237 e. The zero-order valence-electron chi connectivity index (χ0n) is 12.5. The van der Waals surface area contributed by atoms with Crippen molar-refractivity contribution >= 4 is 5.91 Å². The molecule has 1 aliphatic rings. The van der Waals surface area contributed by atoms with Gasteiger partial charge in [-0.3, -0.25) is 9.69 Å². The Hall–Kier alpha value is -0.610. The van der Waals surface area contributed by atoms with E-state index in [-0.39, 0.29) is 17.5 Å². The van der Waals surface area contributed by atoms with Crippen LogP contribution in [0.3, 0.4) is 0 Å². The van der Waals surface area contributed by atoms with E-state index in [1.165, 1.54) is 0 Å². The summed E-state index contributed by atoms with van der Waals surface area (Å²) < 4.78 is 0. The molecule has 0 aromatic heterocycles. The summed E-state index contributed by atoms with van der Waals surface area (Å²) in [4.78, 5) is 14.4. The monoisotopic (exact) mass is 255 g/mol. The van der Waals surface area contributed by atoms with Crippen LogP contribution < -0.4 is 11.1 Å². The molecule has 4 nitrogen and oxygen atoms in total. The van der Waals surface area contributed by atoms with Crippen LogP contribution in [0, 0.1) is 11.8 Å². The van der Waals surface area contributed by atoms with Gasteiger partial charge in [0.1, 0.15) is 0 Å². The lowest BCUT2D eigenvalue weighted by atomic mass is 9.86. The standard InChI is InChI=1S/C14H29N3O/c1-10-6-7-17(9-12(10)8-15)11(2)13(18)16-14(3,4)5/h10-12H,6-9,15H2,1-5H3,(H,16,18). The van der Waals surface area contributed by atoms with Crippen molar-refractivity contribution in [2.75, 3.05) is 19.6 Å². The van der Waals surface area contributed by atoms with Gasteiger partial charge in [0.15, 0.2) is 0 Å². The zero-order valence-corrected chi connectivity index (χ0v) is 12.5. The van der Waals surface area contributed by atoms with Gasteiger partial charge in [-0.05, 0) is 59.0 Å². The number of amides is 1. The van der Waals surface area contributed by atoms with Gasteiger partial charge < -0.3 is 11.1 Å². The average molecular weight is 255 g/mol. The fraction of sp³-hybridized carbons (Fsp3) is 0.929. The van der Waals surface area contributed by atoms with Crippen LogP contribution >= 0.6 is 0 Å². The highest BCUT2D eigenvalue weighted by molar-refractivity contribution is 5.81. The van der Waals surface area contributed by atoms with Gasteiger partial charge in [-0.25, -0.2) is 0 Å². The molecule has 3 unspecified atom stereocenters. The molecule has 0 aliphatic carbocycles. The maximum absolute atomic E-state index is 12.2. The number of nitrogens with two attached hydrogens (primary N) is 1. The Balaban J connectivity index is 2.56. The lowest BCUT2D eigenvalue weighted by Gasteiger charge is -2.39. The smallest absolute Gasteiger partial charge is 0.237 e. The fourth-order valence-corrected chi connectivity index (χ4v) is 2.48. The van der Waals surface area contributed by atoms with Crippen molar-refractivity contribution in [1.82, 2.24) is 10.2 Å². The summed E-state index contributed by atoms with van der Waals surface area (Å²) >= 11 is 0. The molecular formula is C14H29N3O. The Labute approximate surface area is 111 Å². The van der Waals surface area contributed by atoms with E-state index >= 15 is 0 Å². The number of piperidine rings is 1. The first-order valence-electron chi connectivity index (χ1n) is 7.00. The van der Waals surface area contributed by atoms with Crippen molar-refractivity contribution in [3.63, 3.8) is 0 Å². The van der Waals surface area contributed by atoms with Crippen LogP contribution in [0.25, 0.3) is 0 Å². The minimum absolute atomic E-state index is 0.0641. The van der Waals surface area contributed by atoms with Gasteiger partial charge in [0.25, 0.3) is 0 Å². The SMILES string of the molecule is CC1CCN(C(C)C(=O)NC(C)(C)C)CC1CN. The molecular weight excluding hydrogens is 226 g/mol. The van der Waals surface area contributed by atoms with E-state index in [9.17, 15) is 4.79 Å². The third-order valence-electron chi connectivity index (χ3n) is 3.87. The van der Waals surface area contributed by atoms with Crippen molar-refractivity contribution in [2.45, 2.75) is 52.6 Å². The normalized spacial score (nSPS) is 27.9. The molecule has 1 rings (SSSR count). The van der Waals surface area contributed by atoms with Crippen LogP contribution in [0.1, 0.15) is 41.0 Å². The molecule has 18 heavy (non-hydrogen) atoms. The molecule has 3 atom stereocenters. The van der Waals surface area contributed by atoms with Crippen LogP contribution in [0.4, 0.5) is 0 Å². The molecule has 0 spiro atoms. The lowest BCUT2D eigenvalue weighted by molar-refractivity contribution is -0.128. The summed E-state index contributed by atoms with van der Waals surface area (Å²) in [7, 11) is 0. The predicted molar refractivity (Wildman–Crippen MR) is 75.3 cm³/mol. The second kappa shape index (κ2) is 6.02. The molecule has 0 radical (unpaired) electrons. The van der Waals surface area contributed by atoms with Crippen LogP contribution in [0.15, 0.2) is 0 Å². The highest BCUT2D eigenvalue weighted by atomic mass is 16.2. The van der Waals surface area contributed by atoms with Crippen LogP contribution in [-0.4, -0.2) is 42.0 Å². The first kappa shape index (κ1) is 15.4. The Kier molecular flexibility index (Phi) is 5.17. The lowest BCUT2D eigenvalue weighted by Crippen LogP contribution is -2.54. The Morgan fingerprint density at radius 2 is 2.11 bits per heavy atom. The second-order valence-corrected chi connectivity index (χ2v) is 6.67. The fourth-order valence-electron chi connectivity index (χ4n) is 2.48. The number of nitrogens with zero attached hydrogens (tertiary/aromatic N) is 1. The maximum atomic E-state index is 12.2. The van der Waals surface area contributed by atoms with E-state index in [2.05, 4.69) is 17.1 Å². The summed E-state index contributed by atoms with van der Waals surface area (Å²) in [5.74, 6) is 1.31. The minimum atomic E-state index is -0.165. The van der Waals surface area contributed by atoms with E-state index < -0.39 is 0 Å². The zero-order chi connectivity index (χ0) is 13.9. The first-order chi connectivity index (χ1) is 8.24. The van der Waals surface area contributed by atoms with Gasteiger partial charge in [0, 0.05) is 12.1 Å². The van der Waals surface area contributed by atoms with Crippen molar-refractivity contribution in [1.29, 1.82) is 0 Å². The van der Waals surface area contributed by atoms with E-state index in [0.717, 1.165) is 19.5 Å². The molecule has 1 heterocycles. The van der Waals surface area contributed by atoms with Gasteiger partial charge >= 0.3 is 0 Å². The Morgan fingerprint density at radius 3 is 2.61 bits per heavy atom. The van der Waals surface area contributed by atoms with E-state index in [1.54, 1.807) is 0 Å². The molecule has 0 saturated carbocycles. The van der Waals surface area contributed by atoms with Crippen LogP contribution in [-0.2, 0) is 4.79 Å². The number of carbonyl (C=O) groups is 1. The molecule has 1 saturated heterocycles. The van der Waals surface area contributed by atoms with Gasteiger partial charge in [-0.2, -0.15) is 0 Å². The molecule has 4 heteroatoms. The highest BCUT2D eigenvalue weighted by Gasteiger charge is 2.31. The second-order valence-electron chi connectivity index (χ2n) is 6.67. The molecule has 106 valence electrons. The quantitative estimate of drug-likeness (QED) is 0.797. The van der Waals surface area contributed by atoms with Gasteiger partial charge in [0.2, 0.25) is 5.91 Å². The third kappa shape index (κ3) is 4.25. The highest BCUT2D eigenvalue weighted by Crippen LogP contribution is 2.23. The molecule has 1 aliphatic heterocycles. The number of hydrogen-bond acceptors (Lipinski definition) is 3. The number of hydrogen-bond donors (Lipinski definition) is 2. The van der Waals surface area contributed by atoms with Crippen LogP contribution in [0.5, 0.6) is 0 Å². The van der Waals surface area contributed by atoms with Gasteiger partial charge in [0.05, 0.1) is 6.04 Å². The number of likely N-dealkylation sites (tertiary alicyclic amines) is 1. The summed E-state index contributed by atoms with van der Waals surface area (Å²) in [5, 5.41) is 3.05. The summed E-state index contributed by atoms with van der Waals surface area (Å²) in [6.45, 7) is 12.9. The largest absolute Gasteiger partial charge is 0.350 e. The van der Waals surface area contributed by atoms with E-state index in [1.807, 2.05) is 27.7 Å². The molecule has 1 amide bonds. The summed E-state index contributed by atoms with van der Waals surface area (Å²) in [6, 6.07) is -0.0641. The first-order valence-corrected chi connectivity index (χ1v) is 7.00. The van der Waals surface area contributed by atoms with Gasteiger partial charge in [-0.1, -0.05) is 6.92 Å². The van der Waals surface area contributed by atoms with Crippen molar-refractivity contribution in [3.05, 3.63) is 0 Å². The Bertz CT molecular complexity index is 285. The molecule has 0 bridgehead atoms. The Morgan fingerprint density at radius 1 is 1.50 bits per heavy atom.